The third-order valence-corrected chi connectivity index (χ3v) is 2.70. The van der Waals surface area contributed by atoms with Gasteiger partial charge >= 0.3 is 0 Å². The number of halogens is 2. The quantitative estimate of drug-likeness (QED) is 0.799. The molecule has 0 aromatic heterocycles. The highest BCUT2D eigenvalue weighted by Gasteiger charge is 2.17. The molecule has 0 radical (unpaired) electrons. The molecular weight excluding hydrogens is 249 g/mol. The third-order valence-electron chi connectivity index (χ3n) is 2.15. The lowest BCUT2D eigenvalue weighted by Crippen LogP contribution is -2.35. The van der Waals surface area contributed by atoms with E-state index in [0.717, 1.165) is 0 Å². The molecule has 1 unspecified atom stereocenters. The van der Waals surface area contributed by atoms with Gasteiger partial charge in [0.1, 0.15) is 0 Å². The first-order valence-corrected chi connectivity index (χ1v) is 5.65. The van der Waals surface area contributed by atoms with Crippen molar-refractivity contribution in [1.29, 1.82) is 0 Å². The predicted molar refractivity (Wildman–Crippen MR) is 65.3 cm³/mol. The van der Waals surface area contributed by atoms with E-state index >= 15 is 0 Å². The first kappa shape index (κ1) is 13.5. The number of Topliss-reactive ketones (excluding diaryl/α,β-unsaturated/α-hetero) is 1. The Hall–Kier alpha value is -0.610. The Balaban J connectivity index is 2.79. The van der Waals surface area contributed by atoms with E-state index in [1.54, 1.807) is 19.1 Å². The maximum Gasteiger partial charge on any atom is 0.180 e. The number of aliphatic hydroxyl groups excluding tert-OH is 1. The molecule has 16 heavy (non-hydrogen) atoms. The monoisotopic (exact) mass is 261 g/mol. The molecule has 88 valence electrons. The molecule has 0 aliphatic rings. The summed E-state index contributed by atoms with van der Waals surface area (Å²) >= 11 is 11.7. The van der Waals surface area contributed by atoms with Crippen LogP contribution in [0.5, 0.6) is 0 Å². The van der Waals surface area contributed by atoms with E-state index in [-0.39, 0.29) is 18.4 Å². The Morgan fingerprint density at radius 2 is 2.19 bits per heavy atom. The van der Waals surface area contributed by atoms with Gasteiger partial charge in [-0.15, -0.1) is 0 Å². The normalized spacial score (nSPS) is 12.5. The van der Waals surface area contributed by atoms with Gasteiger partial charge in [0.15, 0.2) is 5.78 Å². The van der Waals surface area contributed by atoms with E-state index in [9.17, 15) is 4.79 Å². The molecule has 2 N–H and O–H groups in total. The Kier molecular flexibility index (Phi) is 5.22. The Labute approximate surface area is 104 Å². The lowest BCUT2D eigenvalue weighted by Gasteiger charge is -2.12. The molecule has 0 amide bonds. The zero-order chi connectivity index (χ0) is 12.1. The van der Waals surface area contributed by atoms with Crippen LogP contribution in [0, 0.1) is 0 Å². The van der Waals surface area contributed by atoms with Gasteiger partial charge in [-0.2, -0.15) is 0 Å². The molecule has 1 aromatic rings. The fourth-order valence-corrected chi connectivity index (χ4v) is 1.80. The van der Waals surface area contributed by atoms with Gasteiger partial charge in [0.2, 0.25) is 0 Å². The van der Waals surface area contributed by atoms with Crippen molar-refractivity contribution in [2.45, 2.75) is 13.0 Å². The van der Waals surface area contributed by atoms with Crippen molar-refractivity contribution in [3.05, 3.63) is 33.8 Å². The van der Waals surface area contributed by atoms with Gasteiger partial charge in [0.25, 0.3) is 0 Å². The van der Waals surface area contributed by atoms with E-state index in [1.165, 1.54) is 6.07 Å². The molecule has 0 heterocycles. The van der Waals surface area contributed by atoms with Crippen LogP contribution in [0.2, 0.25) is 10.0 Å². The summed E-state index contributed by atoms with van der Waals surface area (Å²) in [6.45, 7) is 2.09. The molecule has 0 aliphatic heterocycles. The van der Waals surface area contributed by atoms with Gasteiger partial charge in [-0.3, -0.25) is 4.79 Å². The molecule has 0 saturated heterocycles. The number of carbonyl (C=O) groups excluding carboxylic acids is 1. The highest BCUT2D eigenvalue weighted by atomic mass is 35.5. The number of hydrogen-bond donors (Lipinski definition) is 2. The summed E-state index contributed by atoms with van der Waals surface area (Å²) in [5, 5.41) is 12.4. The molecule has 1 rings (SSSR count). The standard InChI is InChI=1S/C11H13Cl2NO2/c1-7(14-4-5-15)11(16)9-3-2-8(12)6-10(9)13/h2-3,6-7,14-15H,4-5H2,1H3. The molecule has 0 fully saturated rings. The molecule has 1 atom stereocenters. The minimum atomic E-state index is -0.383. The van der Waals surface area contributed by atoms with E-state index in [0.29, 0.717) is 22.2 Å². The zero-order valence-electron chi connectivity index (χ0n) is 8.84. The number of hydrogen-bond acceptors (Lipinski definition) is 3. The van der Waals surface area contributed by atoms with Crippen LogP contribution in [-0.2, 0) is 0 Å². The summed E-state index contributed by atoms with van der Waals surface area (Å²) in [5.74, 6) is -0.116. The summed E-state index contributed by atoms with van der Waals surface area (Å²) in [5.41, 5.74) is 0.434. The van der Waals surface area contributed by atoms with Crippen LogP contribution in [-0.4, -0.2) is 30.1 Å². The summed E-state index contributed by atoms with van der Waals surface area (Å²) < 4.78 is 0. The van der Waals surface area contributed by atoms with Crippen LogP contribution in [0.15, 0.2) is 18.2 Å². The molecule has 0 spiro atoms. The highest BCUT2D eigenvalue weighted by molar-refractivity contribution is 6.37. The van der Waals surface area contributed by atoms with Crippen LogP contribution in [0.4, 0.5) is 0 Å². The minimum absolute atomic E-state index is 0.00797. The maximum atomic E-state index is 11.9. The van der Waals surface area contributed by atoms with E-state index in [4.69, 9.17) is 28.3 Å². The van der Waals surface area contributed by atoms with Crippen molar-refractivity contribution in [2.75, 3.05) is 13.2 Å². The van der Waals surface area contributed by atoms with Crippen LogP contribution >= 0.6 is 23.2 Å². The Morgan fingerprint density at radius 3 is 2.75 bits per heavy atom. The zero-order valence-corrected chi connectivity index (χ0v) is 10.3. The Morgan fingerprint density at radius 1 is 1.50 bits per heavy atom. The Bertz CT molecular complexity index is 382. The number of rotatable bonds is 5. The first-order valence-electron chi connectivity index (χ1n) is 4.89. The number of benzene rings is 1. The molecule has 0 saturated carbocycles. The second-order valence-electron chi connectivity index (χ2n) is 3.39. The maximum absolute atomic E-state index is 11.9. The van der Waals surface area contributed by atoms with E-state index < -0.39 is 0 Å². The highest BCUT2D eigenvalue weighted by Crippen LogP contribution is 2.22. The summed E-state index contributed by atoms with van der Waals surface area (Å²) in [6.07, 6.45) is 0. The average molecular weight is 262 g/mol. The lowest BCUT2D eigenvalue weighted by atomic mass is 10.1. The van der Waals surface area contributed by atoms with Gasteiger partial charge in [-0.25, -0.2) is 0 Å². The lowest BCUT2D eigenvalue weighted by molar-refractivity contribution is 0.0948. The molecule has 0 aliphatic carbocycles. The molecule has 1 aromatic carbocycles. The van der Waals surface area contributed by atoms with Crippen molar-refractivity contribution in [3.8, 4) is 0 Å². The van der Waals surface area contributed by atoms with Crippen molar-refractivity contribution in [2.24, 2.45) is 0 Å². The van der Waals surface area contributed by atoms with Crippen molar-refractivity contribution < 1.29 is 9.90 Å². The second kappa shape index (κ2) is 6.21. The average Bonchev–Trinajstić information content (AvgIpc) is 2.25. The van der Waals surface area contributed by atoms with Gasteiger partial charge in [0, 0.05) is 17.1 Å². The fraction of sp³-hybridized carbons (Fsp3) is 0.364. The molecule has 5 heteroatoms. The van der Waals surface area contributed by atoms with Gasteiger partial charge in [-0.05, 0) is 25.1 Å². The van der Waals surface area contributed by atoms with Crippen LogP contribution in [0.25, 0.3) is 0 Å². The van der Waals surface area contributed by atoms with E-state index in [2.05, 4.69) is 5.32 Å². The van der Waals surface area contributed by atoms with Gasteiger partial charge in [0.05, 0.1) is 17.7 Å². The van der Waals surface area contributed by atoms with Crippen molar-refractivity contribution in [1.82, 2.24) is 5.32 Å². The molecule has 0 bridgehead atoms. The first-order chi connectivity index (χ1) is 7.56. The summed E-state index contributed by atoms with van der Waals surface area (Å²) in [4.78, 5) is 11.9. The molecule has 3 nitrogen and oxygen atoms in total. The van der Waals surface area contributed by atoms with Crippen LogP contribution in [0.3, 0.4) is 0 Å². The smallest absolute Gasteiger partial charge is 0.180 e. The second-order valence-corrected chi connectivity index (χ2v) is 4.23. The summed E-state index contributed by atoms with van der Waals surface area (Å²) in [6, 6.07) is 4.38. The number of ketones is 1. The predicted octanol–water partition coefficient (Wildman–Crippen LogP) is 2.15. The van der Waals surface area contributed by atoms with Crippen LogP contribution in [0.1, 0.15) is 17.3 Å². The molecular formula is C11H13Cl2NO2. The van der Waals surface area contributed by atoms with Crippen molar-refractivity contribution in [3.63, 3.8) is 0 Å². The van der Waals surface area contributed by atoms with Gasteiger partial charge in [-0.1, -0.05) is 23.2 Å². The SMILES string of the molecule is CC(NCCO)C(=O)c1ccc(Cl)cc1Cl. The number of nitrogens with one attached hydrogen (secondary N) is 1. The van der Waals surface area contributed by atoms with Gasteiger partial charge < -0.3 is 10.4 Å². The van der Waals surface area contributed by atoms with Crippen molar-refractivity contribution >= 4 is 29.0 Å². The topological polar surface area (TPSA) is 49.3 Å². The van der Waals surface area contributed by atoms with Crippen LogP contribution < -0.4 is 5.32 Å². The fourth-order valence-electron chi connectivity index (χ4n) is 1.30. The third kappa shape index (κ3) is 3.46. The summed E-state index contributed by atoms with van der Waals surface area (Å²) in [7, 11) is 0. The number of aliphatic hydroxyl groups is 1. The largest absolute Gasteiger partial charge is 0.395 e. The minimum Gasteiger partial charge on any atom is -0.395 e. The van der Waals surface area contributed by atoms with E-state index in [1.807, 2.05) is 0 Å². The number of carbonyl (C=O) groups is 1.